The molecule has 0 saturated carbocycles. The molecule has 2 rings (SSSR count). The van der Waals surface area contributed by atoms with Crippen LogP contribution in [-0.4, -0.2) is 34.6 Å². The molecule has 2 amide bonds. The van der Waals surface area contributed by atoms with Crippen LogP contribution in [0.25, 0.3) is 0 Å². The highest BCUT2D eigenvalue weighted by Crippen LogP contribution is 2.23. The summed E-state index contributed by atoms with van der Waals surface area (Å²) in [5.41, 5.74) is 2.15. The van der Waals surface area contributed by atoms with Crippen LogP contribution in [0.4, 0.5) is 4.79 Å². The standard InChI is InChI=1S/C16H22N2O3/c1-11-6-3-4-8-13(11)10-17-16(21)18-9-5-7-12(2)14(18)15(19)20/h3-4,6,8,12,14H,5,7,9-10H2,1-2H3,(H,17,21)(H,19,20). The molecule has 1 heterocycles. The van der Waals surface area contributed by atoms with Crippen LogP contribution in [0.3, 0.4) is 0 Å². The molecule has 2 N–H and O–H groups in total. The van der Waals surface area contributed by atoms with E-state index in [-0.39, 0.29) is 11.9 Å². The van der Waals surface area contributed by atoms with Gasteiger partial charge in [-0.3, -0.25) is 0 Å². The number of amides is 2. The van der Waals surface area contributed by atoms with Crippen molar-refractivity contribution in [1.82, 2.24) is 10.2 Å². The Hall–Kier alpha value is -2.04. The number of urea groups is 1. The number of carbonyl (C=O) groups excluding carboxylic acids is 1. The fraction of sp³-hybridized carbons (Fsp3) is 0.500. The molecule has 1 saturated heterocycles. The van der Waals surface area contributed by atoms with Crippen molar-refractivity contribution < 1.29 is 14.7 Å². The molecule has 5 heteroatoms. The van der Waals surface area contributed by atoms with Gasteiger partial charge >= 0.3 is 12.0 Å². The van der Waals surface area contributed by atoms with Gasteiger partial charge in [0.2, 0.25) is 0 Å². The Labute approximate surface area is 125 Å². The summed E-state index contributed by atoms with van der Waals surface area (Å²) in [7, 11) is 0. The van der Waals surface area contributed by atoms with Gasteiger partial charge in [-0.25, -0.2) is 9.59 Å². The van der Waals surface area contributed by atoms with Crippen LogP contribution in [0.5, 0.6) is 0 Å². The molecule has 1 aliphatic heterocycles. The third-order valence-electron chi connectivity index (χ3n) is 4.14. The van der Waals surface area contributed by atoms with Crippen LogP contribution < -0.4 is 5.32 Å². The molecule has 5 nitrogen and oxygen atoms in total. The molecule has 2 atom stereocenters. The van der Waals surface area contributed by atoms with Crippen molar-refractivity contribution in [2.24, 2.45) is 5.92 Å². The Morgan fingerprint density at radius 1 is 1.38 bits per heavy atom. The number of rotatable bonds is 3. The zero-order valence-corrected chi connectivity index (χ0v) is 12.5. The molecule has 1 aromatic carbocycles. The summed E-state index contributed by atoms with van der Waals surface area (Å²) in [6.07, 6.45) is 1.70. The van der Waals surface area contributed by atoms with Crippen molar-refractivity contribution in [3.05, 3.63) is 35.4 Å². The van der Waals surface area contributed by atoms with Crippen molar-refractivity contribution in [3.8, 4) is 0 Å². The van der Waals surface area contributed by atoms with Crippen LogP contribution in [0.1, 0.15) is 30.9 Å². The first-order valence-electron chi connectivity index (χ1n) is 7.32. The molecule has 0 bridgehead atoms. The smallest absolute Gasteiger partial charge is 0.326 e. The number of piperidine rings is 1. The Balaban J connectivity index is 2.02. The Morgan fingerprint density at radius 2 is 2.10 bits per heavy atom. The highest BCUT2D eigenvalue weighted by Gasteiger charge is 2.36. The number of aliphatic carboxylic acids is 1. The number of carboxylic acid groups (broad SMARTS) is 1. The van der Waals surface area contributed by atoms with E-state index in [0.717, 1.165) is 24.0 Å². The monoisotopic (exact) mass is 290 g/mol. The lowest BCUT2D eigenvalue weighted by Gasteiger charge is -2.37. The molecule has 114 valence electrons. The summed E-state index contributed by atoms with van der Waals surface area (Å²) in [6, 6.07) is 6.81. The summed E-state index contributed by atoms with van der Waals surface area (Å²) in [5, 5.41) is 12.2. The number of hydrogen-bond acceptors (Lipinski definition) is 2. The van der Waals surface area contributed by atoms with Gasteiger partial charge in [-0.2, -0.15) is 0 Å². The summed E-state index contributed by atoms with van der Waals surface area (Å²) in [5.74, 6) is -0.936. The molecule has 0 spiro atoms. The first kappa shape index (κ1) is 15.4. The van der Waals surface area contributed by atoms with Gasteiger partial charge in [0.25, 0.3) is 0 Å². The lowest BCUT2D eigenvalue weighted by molar-refractivity contribution is -0.145. The number of hydrogen-bond donors (Lipinski definition) is 2. The third kappa shape index (κ3) is 3.54. The highest BCUT2D eigenvalue weighted by atomic mass is 16.4. The van der Waals surface area contributed by atoms with E-state index < -0.39 is 12.0 Å². The fourth-order valence-electron chi connectivity index (χ4n) is 2.87. The second kappa shape index (κ2) is 6.61. The van der Waals surface area contributed by atoms with Gasteiger partial charge in [0.05, 0.1) is 0 Å². The van der Waals surface area contributed by atoms with Crippen molar-refractivity contribution in [2.75, 3.05) is 6.54 Å². The number of aryl methyl sites for hydroxylation is 1. The van der Waals surface area contributed by atoms with E-state index in [1.807, 2.05) is 38.1 Å². The van der Waals surface area contributed by atoms with E-state index in [1.165, 1.54) is 4.90 Å². The van der Waals surface area contributed by atoms with Crippen LogP contribution in [0, 0.1) is 12.8 Å². The molecular formula is C16H22N2O3. The number of carboxylic acids is 1. The predicted octanol–water partition coefficient (Wildman–Crippen LogP) is 2.39. The van der Waals surface area contributed by atoms with Gasteiger partial charge in [-0.05, 0) is 36.8 Å². The average molecular weight is 290 g/mol. The minimum Gasteiger partial charge on any atom is -0.480 e. The van der Waals surface area contributed by atoms with Gasteiger partial charge in [0.1, 0.15) is 6.04 Å². The summed E-state index contributed by atoms with van der Waals surface area (Å²) in [6.45, 7) is 4.80. The third-order valence-corrected chi connectivity index (χ3v) is 4.14. The highest BCUT2D eigenvalue weighted by molar-refractivity contribution is 5.83. The van der Waals surface area contributed by atoms with Crippen LogP contribution in [0.15, 0.2) is 24.3 Å². The van der Waals surface area contributed by atoms with Gasteiger partial charge in [0, 0.05) is 13.1 Å². The zero-order valence-electron chi connectivity index (χ0n) is 12.5. The Bertz CT molecular complexity index is 530. The van der Waals surface area contributed by atoms with Crippen LogP contribution >= 0.6 is 0 Å². The molecule has 2 unspecified atom stereocenters. The van der Waals surface area contributed by atoms with Gasteiger partial charge in [-0.1, -0.05) is 31.2 Å². The fourth-order valence-corrected chi connectivity index (χ4v) is 2.87. The normalized spacial score (nSPS) is 21.9. The van der Waals surface area contributed by atoms with Crippen molar-refractivity contribution in [3.63, 3.8) is 0 Å². The largest absolute Gasteiger partial charge is 0.480 e. The molecule has 1 fully saturated rings. The quantitative estimate of drug-likeness (QED) is 0.898. The molecule has 1 aromatic rings. The molecular weight excluding hydrogens is 268 g/mol. The topological polar surface area (TPSA) is 69.6 Å². The van der Waals surface area contributed by atoms with Gasteiger partial charge in [0.15, 0.2) is 0 Å². The Kier molecular flexibility index (Phi) is 4.83. The maximum Gasteiger partial charge on any atom is 0.326 e. The van der Waals surface area contributed by atoms with E-state index in [1.54, 1.807) is 0 Å². The van der Waals surface area contributed by atoms with E-state index in [9.17, 15) is 14.7 Å². The minimum atomic E-state index is -0.923. The van der Waals surface area contributed by atoms with E-state index in [2.05, 4.69) is 5.32 Å². The second-order valence-electron chi connectivity index (χ2n) is 5.68. The van der Waals surface area contributed by atoms with Crippen LogP contribution in [-0.2, 0) is 11.3 Å². The average Bonchev–Trinajstić information content (AvgIpc) is 2.45. The lowest BCUT2D eigenvalue weighted by Crippen LogP contribution is -2.54. The first-order chi connectivity index (χ1) is 10.0. The summed E-state index contributed by atoms with van der Waals surface area (Å²) < 4.78 is 0. The van der Waals surface area contributed by atoms with Crippen molar-refractivity contribution >= 4 is 12.0 Å². The minimum absolute atomic E-state index is 0.0135. The SMILES string of the molecule is Cc1ccccc1CNC(=O)N1CCCC(C)C1C(=O)O. The number of likely N-dealkylation sites (tertiary alicyclic amines) is 1. The van der Waals surface area contributed by atoms with Gasteiger partial charge < -0.3 is 15.3 Å². The number of carbonyl (C=O) groups is 2. The van der Waals surface area contributed by atoms with E-state index in [0.29, 0.717) is 13.1 Å². The number of nitrogens with zero attached hydrogens (tertiary/aromatic N) is 1. The molecule has 0 radical (unpaired) electrons. The van der Waals surface area contributed by atoms with Gasteiger partial charge in [-0.15, -0.1) is 0 Å². The Morgan fingerprint density at radius 3 is 2.76 bits per heavy atom. The number of benzene rings is 1. The lowest BCUT2D eigenvalue weighted by atomic mass is 9.91. The predicted molar refractivity (Wildman–Crippen MR) is 79.9 cm³/mol. The molecule has 21 heavy (non-hydrogen) atoms. The first-order valence-corrected chi connectivity index (χ1v) is 7.32. The van der Waals surface area contributed by atoms with Crippen LogP contribution in [0.2, 0.25) is 0 Å². The van der Waals surface area contributed by atoms with Crippen molar-refractivity contribution in [2.45, 2.75) is 39.3 Å². The summed E-state index contributed by atoms with van der Waals surface area (Å²) >= 11 is 0. The summed E-state index contributed by atoms with van der Waals surface area (Å²) in [4.78, 5) is 25.1. The molecule has 1 aliphatic rings. The molecule has 0 aromatic heterocycles. The van der Waals surface area contributed by atoms with Crippen molar-refractivity contribution in [1.29, 1.82) is 0 Å². The maximum absolute atomic E-state index is 12.3. The number of nitrogens with one attached hydrogen (secondary N) is 1. The van der Waals surface area contributed by atoms with E-state index >= 15 is 0 Å². The molecule has 0 aliphatic carbocycles. The second-order valence-corrected chi connectivity index (χ2v) is 5.68. The van der Waals surface area contributed by atoms with E-state index in [4.69, 9.17) is 0 Å². The zero-order chi connectivity index (χ0) is 15.4. The maximum atomic E-state index is 12.3.